The van der Waals surface area contributed by atoms with Gasteiger partial charge in [-0.25, -0.2) is 4.39 Å². The summed E-state index contributed by atoms with van der Waals surface area (Å²) in [5, 5.41) is 0. The highest BCUT2D eigenvalue weighted by Crippen LogP contribution is 2.20. The summed E-state index contributed by atoms with van der Waals surface area (Å²) in [7, 11) is 0. The van der Waals surface area contributed by atoms with Crippen LogP contribution in [0.1, 0.15) is 20.8 Å². The number of nitrogens with two attached hydrogens (primary N) is 1. The number of carbonyl (C=O) groups excluding carboxylic acids is 1. The number of rotatable bonds is 4. The lowest BCUT2D eigenvalue weighted by molar-refractivity contribution is -0.120. The molecule has 0 aliphatic heterocycles. The van der Waals surface area contributed by atoms with Crippen LogP contribution in [0.2, 0.25) is 0 Å². The van der Waals surface area contributed by atoms with Crippen LogP contribution in [0.4, 0.5) is 10.1 Å². The van der Waals surface area contributed by atoms with Crippen LogP contribution in [0.15, 0.2) is 24.3 Å². The highest BCUT2D eigenvalue weighted by molar-refractivity contribution is 5.97. The van der Waals surface area contributed by atoms with E-state index in [4.69, 9.17) is 5.73 Å². The minimum absolute atomic E-state index is 0.0309. The van der Waals surface area contributed by atoms with E-state index in [9.17, 15) is 9.18 Å². The number of para-hydroxylation sites is 1. The van der Waals surface area contributed by atoms with Crippen molar-refractivity contribution in [2.75, 3.05) is 11.4 Å². The lowest BCUT2D eigenvalue weighted by Crippen LogP contribution is -2.47. The fraction of sp³-hybridized carbons (Fsp3) is 0.462. The zero-order valence-corrected chi connectivity index (χ0v) is 10.5. The number of carbonyl (C=O) groups is 1. The summed E-state index contributed by atoms with van der Waals surface area (Å²) in [6.07, 6.45) is 0. The quantitative estimate of drug-likeness (QED) is 0.873. The van der Waals surface area contributed by atoms with Gasteiger partial charge in [-0.3, -0.25) is 4.79 Å². The first-order chi connectivity index (χ1) is 7.99. The van der Waals surface area contributed by atoms with Gasteiger partial charge >= 0.3 is 0 Å². The molecule has 17 heavy (non-hydrogen) atoms. The summed E-state index contributed by atoms with van der Waals surface area (Å²) in [5.74, 6) is -0.616. The molecule has 0 radical (unpaired) electrons. The average molecular weight is 238 g/mol. The number of halogens is 1. The third kappa shape index (κ3) is 3.03. The van der Waals surface area contributed by atoms with Crippen molar-refractivity contribution in [1.82, 2.24) is 0 Å². The van der Waals surface area contributed by atoms with Crippen LogP contribution in [0.25, 0.3) is 0 Å². The molecule has 1 amide bonds. The van der Waals surface area contributed by atoms with Crippen LogP contribution in [-0.2, 0) is 4.79 Å². The van der Waals surface area contributed by atoms with Gasteiger partial charge in [0.2, 0.25) is 5.91 Å². The largest absolute Gasteiger partial charge is 0.320 e. The van der Waals surface area contributed by atoms with E-state index in [1.165, 1.54) is 11.0 Å². The van der Waals surface area contributed by atoms with Crippen LogP contribution < -0.4 is 10.6 Å². The molecular formula is C13H19FN2O. The second-order valence-corrected chi connectivity index (χ2v) is 4.30. The zero-order valence-electron chi connectivity index (χ0n) is 10.5. The van der Waals surface area contributed by atoms with Crippen molar-refractivity contribution in [2.24, 2.45) is 11.7 Å². The number of amides is 1. The summed E-state index contributed by atoms with van der Waals surface area (Å²) in [5.41, 5.74) is 6.10. The lowest BCUT2D eigenvalue weighted by Gasteiger charge is -2.26. The number of hydrogen-bond acceptors (Lipinski definition) is 2. The topological polar surface area (TPSA) is 46.3 Å². The monoisotopic (exact) mass is 238 g/mol. The Morgan fingerprint density at radius 1 is 1.41 bits per heavy atom. The SMILES string of the molecule is CCN(C(=O)[C@@H](N)C(C)C)c1ccccc1F. The van der Waals surface area contributed by atoms with E-state index in [0.717, 1.165) is 0 Å². The van der Waals surface area contributed by atoms with Gasteiger partial charge in [-0.2, -0.15) is 0 Å². The van der Waals surface area contributed by atoms with Gasteiger partial charge in [0.15, 0.2) is 0 Å². The van der Waals surface area contributed by atoms with Gasteiger partial charge in [0, 0.05) is 6.54 Å². The fourth-order valence-electron chi connectivity index (χ4n) is 1.58. The van der Waals surface area contributed by atoms with Crippen molar-refractivity contribution in [1.29, 1.82) is 0 Å². The van der Waals surface area contributed by atoms with E-state index in [0.29, 0.717) is 6.54 Å². The molecule has 2 N–H and O–H groups in total. The predicted octanol–water partition coefficient (Wildman–Crippen LogP) is 2.16. The van der Waals surface area contributed by atoms with Crippen LogP contribution in [-0.4, -0.2) is 18.5 Å². The third-order valence-electron chi connectivity index (χ3n) is 2.73. The number of benzene rings is 1. The summed E-state index contributed by atoms with van der Waals surface area (Å²) < 4.78 is 13.6. The molecule has 1 atom stereocenters. The van der Waals surface area contributed by atoms with Crippen molar-refractivity contribution in [3.8, 4) is 0 Å². The summed E-state index contributed by atoms with van der Waals surface area (Å²) >= 11 is 0. The van der Waals surface area contributed by atoms with Gasteiger partial charge in [0.1, 0.15) is 5.82 Å². The third-order valence-corrected chi connectivity index (χ3v) is 2.73. The molecule has 0 unspecified atom stereocenters. The first-order valence-electron chi connectivity index (χ1n) is 5.80. The van der Waals surface area contributed by atoms with E-state index in [-0.39, 0.29) is 17.5 Å². The molecule has 0 saturated carbocycles. The molecule has 0 aliphatic carbocycles. The van der Waals surface area contributed by atoms with E-state index < -0.39 is 11.9 Å². The van der Waals surface area contributed by atoms with Crippen LogP contribution in [0.3, 0.4) is 0 Å². The summed E-state index contributed by atoms with van der Waals surface area (Å²) in [6, 6.07) is 5.62. The molecule has 1 aromatic carbocycles. The molecular weight excluding hydrogens is 219 g/mol. The Balaban J connectivity index is 3.00. The maximum Gasteiger partial charge on any atom is 0.244 e. The molecule has 0 saturated heterocycles. The molecule has 0 heterocycles. The summed E-state index contributed by atoms with van der Waals surface area (Å²) in [4.78, 5) is 13.5. The van der Waals surface area contributed by atoms with Crippen molar-refractivity contribution >= 4 is 11.6 Å². The molecule has 3 nitrogen and oxygen atoms in total. The normalized spacial score (nSPS) is 12.6. The van der Waals surface area contributed by atoms with Gasteiger partial charge in [-0.15, -0.1) is 0 Å². The molecule has 94 valence electrons. The molecule has 4 heteroatoms. The number of likely N-dealkylation sites (N-methyl/N-ethyl adjacent to an activating group) is 1. The van der Waals surface area contributed by atoms with Gasteiger partial charge in [-0.1, -0.05) is 26.0 Å². The first kappa shape index (κ1) is 13.6. The van der Waals surface area contributed by atoms with Crippen LogP contribution in [0.5, 0.6) is 0 Å². The molecule has 0 spiro atoms. The molecule has 0 bridgehead atoms. The molecule has 0 fully saturated rings. The van der Waals surface area contributed by atoms with Gasteiger partial charge in [-0.05, 0) is 25.0 Å². The Labute approximate surface area is 101 Å². The highest BCUT2D eigenvalue weighted by atomic mass is 19.1. The molecule has 0 aromatic heterocycles. The van der Waals surface area contributed by atoms with Crippen LogP contribution >= 0.6 is 0 Å². The number of anilines is 1. The summed E-state index contributed by atoms with van der Waals surface area (Å²) in [6.45, 7) is 5.95. The second kappa shape index (κ2) is 5.77. The maximum absolute atomic E-state index is 13.6. The van der Waals surface area contributed by atoms with Gasteiger partial charge in [0.25, 0.3) is 0 Å². The Bertz CT molecular complexity index is 393. The standard InChI is InChI=1S/C13H19FN2O/c1-4-16(13(17)12(15)9(2)3)11-8-6-5-7-10(11)14/h5-9,12H,4,15H2,1-3H3/t12-/m0/s1. The smallest absolute Gasteiger partial charge is 0.244 e. The Kier molecular flexibility index (Phi) is 4.63. The van der Waals surface area contributed by atoms with Gasteiger partial charge in [0.05, 0.1) is 11.7 Å². The van der Waals surface area contributed by atoms with Crippen molar-refractivity contribution in [3.63, 3.8) is 0 Å². The second-order valence-electron chi connectivity index (χ2n) is 4.30. The fourth-order valence-corrected chi connectivity index (χ4v) is 1.58. The van der Waals surface area contributed by atoms with E-state index >= 15 is 0 Å². The van der Waals surface area contributed by atoms with Crippen LogP contribution in [0, 0.1) is 11.7 Å². The Morgan fingerprint density at radius 2 is 2.00 bits per heavy atom. The maximum atomic E-state index is 13.6. The number of hydrogen-bond donors (Lipinski definition) is 1. The lowest BCUT2D eigenvalue weighted by atomic mass is 10.0. The Morgan fingerprint density at radius 3 is 2.47 bits per heavy atom. The van der Waals surface area contributed by atoms with E-state index in [1.54, 1.807) is 25.1 Å². The van der Waals surface area contributed by atoms with E-state index in [2.05, 4.69) is 0 Å². The van der Waals surface area contributed by atoms with Crippen molar-refractivity contribution in [3.05, 3.63) is 30.1 Å². The van der Waals surface area contributed by atoms with E-state index in [1.807, 2.05) is 13.8 Å². The highest BCUT2D eigenvalue weighted by Gasteiger charge is 2.25. The molecule has 0 aliphatic rings. The minimum Gasteiger partial charge on any atom is -0.320 e. The van der Waals surface area contributed by atoms with Crippen molar-refractivity contribution in [2.45, 2.75) is 26.8 Å². The zero-order chi connectivity index (χ0) is 13.0. The molecule has 1 rings (SSSR count). The Hall–Kier alpha value is -1.42. The average Bonchev–Trinajstić information content (AvgIpc) is 2.31. The first-order valence-corrected chi connectivity index (χ1v) is 5.80. The van der Waals surface area contributed by atoms with Gasteiger partial charge < -0.3 is 10.6 Å². The molecule has 1 aromatic rings. The predicted molar refractivity (Wildman–Crippen MR) is 67.2 cm³/mol. The van der Waals surface area contributed by atoms with Crippen molar-refractivity contribution < 1.29 is 9.18 Å². The number of nitrogens with zero attached hydrogens (tertiary/aromatic N) is 1. The minimum atomic E-state index is -0.602.